The molecule has 5 nitrogen and oxygen atoms in total. The molecule has 1 heterocycles. The standard InChI is InChI=1S/C19H24N4O/c1-19(15-9-4-5-10-16(15)24-3)12-17(19)23-18(20-2)22-13-14-8-6-7-11-21-14/h4-11,17H,12-13H2,1-3H3,(H2,20,22,23). The molecule has 3 rings (SSSR count). The van der Waals surface area contributed by atoms with Crippen molar-refractivity contribution < 1.29 is 4.74 Å². The largest absolute Gasteiger partial charge is 0.496 e. The van der Waals surface area contributed by atoms with E-state index in [2.05, 4.69) is 39.7 Å². The Balaban J connectivity index is 1.62. The average Bonchev–Trinajstić information content (AvgIpc) is 3.30. The van der Waals surface area contributed by atoms with Crippen LogP contribution in [-0.4, -0.2) is 31.1 Å². The zero-order valence-corrected chi connectivity index (χ0v) is 14.4. The van der Waals surface area contributed by atoms with Gasteiger partial charge in [0.1, 0.15) is 5.75 Å². The second-order valence-corrected chi connectivity index (χ2v) is 6.27. The van der Waals surface area contributed by atoms with Gasteiger partial charge >= 0.3 is 0 Å². The molecule has 5 heteroatoms. The van der Waals surface area contributed by atoms with Crippen LogP contribution in [0.3, 0.4) is 0 Å². The lowest BCUT2D eigenvalue weighted by Crippen LogP contribution is -2.40. The van der Waals surface area contributed by atoms with Gasteiger partial charge in [0.05, 0.1) is 19.3 Å². The molecule has 1 aromatic carbocycles. The molecule has 1 aliphatic carbocycles. The van der Waals surface area contributed by atoms with Crippen LogP contribution >= 0.6 is 0 Å². The number of nitrogens with zero attached hydrogens (tertiary/aromatic N) is 2. The molecule has 0 spiro atoms. The maximum absolute atomic E-state index is 5.51. The van der Waals surface area contributed by atoms with Crippen molar-refractivity contribution in [3.05, 3.63) is 59.9 Å². The highest BCUT2D eigenvalue weighted by atomic mass is 16.5. The van der Waals surface area contributed by atoms with E-state index in [1.165, 1.54) is 5.56 Å². The molecule has 0 saturated heterocycles. The number of ether oxygens (including phenoxy) is 1. The van der Waals surface area contributed by atoms with E-state index in [9.17, 15) is 0 Å². The summed E-state index contributed by atoms with van der Waals surface area (Å²) in [6.07, 6.45) is 2.85. The van der Waals surface area contributed by atoms with Crippen molar-refractivity contribution in [1.82, 2.24) is 15.6 Å². The van der Waals surface area contributed by atoms with Crippen molar-refractivity contribution in [2.24, 2.45) is 4.99 Å². The molecular weight excluding hydrogens is 300 g/mol. The van der Waals surface area contributed by atoms with Gasteiger partial charge in [-0.2, -0.15) is 0 Å². The van der Waals surface area contributed by atoms with Gasteiger partial charge in [0, 0.05) is 30.3 Å². The van der Waals surface area contributed by atoms with Gasteiger partial charge in [-0.3, -0.25) is 9.98 Å². The molecule has 1 aromatic heterocycles. The van der Waals surface area contributed by atoms with Crippen LogP contribution in [0.1, 0.15) is 24.6 Å². The minimum absolute atomic E-state index is 0.0647. The van der Waals surface area contributed by atoms with E-state index in [0.29, 0.717) is 12.6 Å². The van der Waals surface area contributed by atoms with Gasteiger partial charge in [0.25, 0.3) is 0 Å². The summed E-state index contributed by atoms with van der Waals surface area (Å²) < 4.78 is 5.51. The van der Waals surface area contributed by atoms with Crippen LogP contribution in [0.4, 0.5) is 0 Å². The van der Waals surface area contributed by atoms with Gasteiger partial charge in [0.15, 0.2) is 5.96 Å². The quantitative estimate of drug-likeness (QED) is 0.655. The van der Waals surface area contributed by atoms with E-state index >= 15 is 0 Å². The molecule has 24 heavy (non-hydrogen) atoms. The molecule has 1 fully saturated rings. The summed E-state index contributed by atoms with van der Waals surface area (Å²) in [5.41, 5.74) is 2.30. The molecule has 1 aliphatic rings. The zero-order chi connectivity index (χ0) is 17.0. The summed E-state index contributed by atoms with van der Waals surface area (Å²) in [5, 5.41) is 6.83. The molecule has 0 radical (unpaired) electrons. The normalized spacial score (nSPS) is 22.8. The summed E-state index contributed by atoms with van der Waals surface area (Å²) in [7, 11) is 3.51. The predicted molar refractivity (Wildman–Crippen MR) is 96.3 cm³/mol. The van der Waals surface area contributed by atoms with Crippen LogP contribution in [-0.2, 0) is 12.0 Å². The number of nitrogens with one attached hydrogen (secondary N) is 2. The van der Waals surface area contributed by atoms with E-state index in [4.69, 9.17) is 4.74 Å². The Morgan fingerprint density at radius 1 is 1.29 bits per heavy atom. The molecule has 2 N–H and O–H groups in total. The van der Waals surface area contributed by atoms with E-state index < -0.39 is 0 Å². The number of pyridine rings is 1. The molecule has 0 bridgehead atoms. The van der Waals surface area contributed by atoms with E-state index in [0.717, 1.165) is 23.8 Å². The van der Waals surface area contributed by atoms with Crippen LogP contribution in [0, 0.1) is 0 Å². The lowest BCUT2D eigenvalue weighted by atomic mass is 9.96. The maximum Gasteiger partial charge on any atom is 0.191 e. The minimum atomic E-state index is 0.0647. The number of hydrogen-bond acceptors (Lipinski definition) is 3. The highest BCUT2D eigenvalue weighted by Crippen LogP contribution is 2.50. The first-order valence-electron chi connectivity index (χ1n) is 8.18. The Bertz CT molecular complexity index is 716. The summed E-state index contributed by atoms with van der Waals surface area (Å²) in [6.45, 7) is 2.91. The number of rotatable bonds is 5. The Hall–Kier alpha value is -2.56. The smallest absolute Gasteiger partial charge is 0.191 e. The fraction of sp³-hybridized carbons (Fsp3) is 0.368. The number of benzene rings is 1. The van der Waals surface area contributed by atoms with Crippen LogP contribution in [0.25, 0.3) is 0 Å². The van der Waals surface area contributed by atoms with Crippen molar-refractivity contribution in [2.75, 3.05) is 14.2 Å². The van der Waals surface area contributed by atoms with Gasteiger partial charge in [-0.25, -0.2) is 0 Å². The number of guanidine groups is 1. The van der Waals surface area contributed by atoms with Crippen LogP contribution in [0.5, 0.6) is 5.75 Å². The van der Waals surface area contributed by atoms with Gasteiger partial charge in [-0.15, -0.1) is 0 Å². The Labute approximate surface area is 143 Å². The summed E-state index contributed by atoms with van der Waals surface area (Å²) >= 11 is 0. The van der Waals surface area contributed by atoms with E-state index in [1.807, 2.05) is 30.3 Å². The van der Waals surface area contributed by atoms with Crippen molar-refractivity contribution in [3.63, 3.8) is 0 Å². The number of aliphatic imine (C=N–C) groups is 1. The van der Waals surface area contributed by atoms with Gasteiger partial charge in [0.2, 0.25) is 0 Å². The first-order chi connectivity index (χ1) is 11.7. The molecule has 0 aliphatic heterocycles. The second-order valence-electron chi connectivity index (χ2n) is 6.27. The molecule has 0 amide bonds. The van der Waals surface area contributed by atoms with Crippen molar-refractivity contribution in [1.29, 1.82) is 0 Å². The van der Waals surface area contributed by atoms with Gasteiger partial charge in [-0.1, -0.05) is 31.2 Å². The van der Waals surface area contributed by atoms with Crippen LogP contribution < -0.4 is 15.4 Å². The van der Waals surface area contributed by atoms with E-state index in [-0.39, 0.29) is 5.41 Å². The monoisotopic (exact) mass is 324 g/mol. The van der Waals surface area contributed by atoms with Gasteiger partial charge in [-0.05, 0) is 24.6 Å². The topological polar surface area (TPSA) is 58.5 Å². The lowest BCUT2D eigenvalue weighted by molar-refractivity contribution is 0.404. The number of aromatic nitrogens is 1. The van der Waals surface area contributed by atoms with Crippen molar-refractivity contribution in [3.8, 4) is 5.75 Å². The third-order valence-electron chi connectivity index (χ3n) is 4.66. The Morgan fingerprint density at radius 3 is 2.79 bits per heavy atom. The summed E-state index contributed by atoms with van der Waals surface area (Å²) in [6, 6.07) is 14.5. The molecule has 126 valence electrons. The molecule has 2 aromatic rings. The van der Waals surface area contributed by atoms with Crippen molar-refractivity contribution >= 4 is 5.96 Å². The molecule has 2 unspecified atom stereocenters. The fourth-order valence-corrected chi connectivity index (χ4v) is 3.03. The van der Waals surface area contributed by atoms with Gasteiger partial charge < -0.3 is 15.4 Å². The van der Waals surface area contributed by atoms with Crippen LogP contribution in [0.15, 0.2) is 53.7 Å². The highest BCUT2D eigenvalue weighted by molar-refractivity contribution is 5.80. The first-order valence-corrected chi connectivity index (χ1v) is 8.18. The molecule has 2 atom stereocenters. The highest BCUT2D eigenvalue weighted by Gasteiger charge is 2.53. The summed E-state index contributed by atoms with van der Waals surface area (Å²) in [4.78, 5) is 8.64. The minimum Gasteiger partial charge on any atom is -0.496 e. The zero-order valence-electron chi connectivity index (χ0n) is 14.4. The number of methoxy groups -OCH3 is 1. The molecular formula is C19H24N4O. The first kappa shape index (κ1) is 16.3. The third kappa shape index (κ3) is 3.35. The fourth-order valence-electron chi connectivity index (χ4n) is 3.03. The second kappa shape index (κ2) is 6.91. The number of hydrogen-bond donors (Lipinski definition) is 2. The third-order valence-corrected chi connectivity index (χ3v) is 4.66. The Morgan fingerprint density at radius 2 is 2.08 bits per heavy atom. The van der Waals surface area contributed by atoms with Crippen LogP contribution in [0.2, 0.25) is 0 Å². The van der Waals surface area contributed by atoms with E-state index in [1.54, 1.807) is 20.4 Å². The summed E-state index contributed by atoms with van der Waals surface area (Å²) in [5.74, 6) is 1.74. The SMILES string of the molecule is CN=C(NCc1ccccn1)NC1CC1(C)c1ccccc1OC. The molecule has 1 saturated carbocycles. The lowest BCUT2D eigenvalue weighted by Gasteiger charge is -2.18. The maximum atomic E-state index is 5.51. The van der Waals surface area contributed by atoms with Crippen molar-refractivity contribution in [2.45, 2.75) is 31.3 Å². The predicted octanol–water partition coefficient (Wildman–Crippen LogP) is 2.49. The Kier molecular flexibility index (Phi) is 4.69. The number of para-hydroxylation sites is 1. The average molecular weight is 324 g/mol.